The summed E-state index contributed by atoms with van der Waals surface area (Å²) in [6.07, 6.45) is 5.80. The van der Waals surface area contributed by atoms with E-state index in [1.807, 2.05) is 13.0 Å². The van der Waals surface area contributed by atoms with Crippen molar-refractivity contribution in [1.29, 1.82) is 0 Å². The van der Waals surface area contributed by atoms with Crippen molar-refractivity contribution >= 4 is 0 Å². The molecule has 0 radical (unpaired) electrons. The molecule has 0 saturated heterocycles. The van der Waals surface area contributed by atoms with E-state index in [9.17, 15) is 0 Å². The van der Waals surface area contributed by atoms with Crippen LogP contribution in [0.3, 0.4) is 0 Å². The Morgan fingerprint density at radius 2 is 2.25 bits per heavy atom. The quantitative estimate of drug-likeness (QED) is 0.429. The monoisotopic (exact) mass is 112 g/mol. The van der Waals surface area contributed by atoms with Crippen LogP contribution >= 0.6 is 0 Å². The molecule has 0 aliphatic rings. The maximum Gasteiger partial charge on any atom is 0.0794 e. The number of aliphatic hydroxyl groups is 1. The zero-order valence-electron chi connectivity index (χ0n) is 5.39. The zero-order chi connectivity index (χ0) is 6.41. The molecular weight excluding hydrogens is 100 g/mol. The Kier molecular flexibility index (Phi) is 4.04. The molecule has 0 atom stereocenters. The lowest BCUT2D eigenvalue weighted by atomic mass is 10.2. The minimum Gasteiger partial charge on any atom is -0.516 e. The van der Waals surface area contributed by atoms with Crippen LogP contribution in [0, 0.1) is 0 Å². The van der Waals surface area contributed by atoms with E-state index in [2.05, 4.69) is 6.92 Å². The Morgan fingerprint density at radius 3 is 2.62 bits per heavy atom. The van der Waals surface area contributed by atoms with Crippen molar-refractivity contribution < 1.29 is 5.11 Å². The van der Waals surface area contributed by atoms with Crippen molar-refractivity contribution in [1.82, 2.24) is 0 Å². The molecule has 0 spiro atoms. The summed E-state index contributed by atoms with van der Waals surface area (Å²) in [7, 11) is 0. The van der Waals surface area contributed by atoms with Crippen LogP contribution in [0.25, 0.3) is 0 Å². The lowest BCUT2D eigenvalue weighted by Gasteiger charge is -1.84. The molecule has 0 aliphatic carbocycles. The second kappa shape index (κ2) is 4.44. The molecule has 0 bridgehead atoms. The van der Waals surface area contributed by atoms with E-state index in [-0.39, 0.29) is 0 Å². The largest absolute Gasteiger partial charge is 0.516 e. The van der Waals surface area contributed by atoms with E-state index < -0.39 is 0 Å². The standard InChI is InChI=1S/C7H12O/c1-3-4-7(2)5-6-8/h4-6,8H,3H2,1-2H3/b6-5+,7-4+. The first kappa shape index (κ1) is 7.28. The molecule has 0 aliphatic heterocycles. The van der Waals surface area contributed by atoms with Crippen LogP contribution in [0.15, 0.2) is 24.0 Å². The second-order valence-corrected chi connectivity index (χ2v) is 1.67. The fourth-order valence-corrected chi connectivity index (χ4v) is 0.508. The Hall–Kier alpha value is -0.720. The molecule has 0 heterocycles. The average molecular weight is 112 g/mol. The molecule has 1 N–H and O–H groups in total. The van der Waals surface area contributed by atoms with Gasteiger partial charge in [-0.15, -0.1) is 0 Å². The molecule has 0 aromatic heterocycles. The highest BCUT2D eigenvalue weighted by Crippen LogP contribution is 1.94. The van der Waals surface area contributed by atoms with Crippen molar-refractivity contribution in [2.24, 2.45) is 0 Å². The number of hydrogen-bond donors (Lipinski definition) is 1. The molecule has 0 amide bonds. The second-order valence-electron chi connectivity index (χ2n) is 1.67. The number of aliphatic hydroxyl groups excluding tert-OH is 1. The third kappa shape index (κ3) is 3.47. The first-order chi connectivity index (χ1) is 3.81. The Labute approximate surface area is 50.3 Å². The summed E-state index contributed by atoms with van der Waals surface area (Å²) in [5.41, 5.74) is 1.11. The van der Waals surface area contributed by atoms with Crippen molar-refractivity contribution in [3.8, 4) is 0 Å². The van der Waals surface area contributed by atoms with Crippen LogP contribution in [0.4, 0.5) is 0 Å². The van der Waals surface area contributed by atoms with Gasteiger partial charge in [0.1, 0.15) is 0 Å². The molecule has 0 aromatic rings. The topological polar surface area (TPSA) is 20.2 Å². The third-order valence-electron chi connectivity index (χ3n) is 0.864. The summed E-state index contributed by atoms with van der Waals surface area (Å²) >= 11 is 0. The van der Waals surface area contributed by atoms with Gasteiger partial charge in [0.2, 0.25) is 0 Å². The molecule has 1 nitrogen and oxygen atoms in total. The van der Waals surface area contributed by atoms with E-state index in [4.69, 9.17) is 5.11 Å². The molecule has 1 heteroatoms. The van der Waals surface area contributed by atoms with Crippen molar-refractivity contribution in [3.63, 3.8) is 0 Å². The van der Waals surface area contributed by atoms with Gasteiger partial charge in [0, 0.05) is 0 Å². The minimum atomic E-state index is 1.02. The van der Waals surface area contributed by atoms with Gasteiger partial charge in [-0.2, -0.15) is 0 Å². The fraction of sp³-hybridized carbons (Fsp3) is 0.429. The van der Waals surface area contributed by atoms with Crippen LogP contribution in [-0.4, -0.2) is 5.11 Å². The highest BCUT2D eigenvalue weighted by atomic mass is 16.2. The average Bonchev–Trinajstić information content (AvgIpc) is 1.68. The Balaban J connectivity index is 3.61. The van der Waals surface area contributed by atoms with Crippen molar-refractivity contribution in [2.45, 2.75) is 20.3 Å². The number of hydrogen-bond acceptors (Lipinski definition) is 1. The molecule has 0 unspecified atom stereocenters. The van der Waals surface area contributed by atoms with E-state index >= 15 is 0 Å². The van der Waals surface area contributed by atoms with Crippen LogP contribution in [0.1, 0.15) is 20.3 Å². The van der Waals surface area contributed by atoms with Crippen LogP contribution in [0.2, 0.25) is 0 Å². The molecule has 8 heavy (non-hydrogen) atoms. The van der Waals surface area contributed by atoms with Gasteiger partial charge in [-0.25, -0.2) is 0 Å². The molecule has 0 aromatic carbocycles. The third-order valence-corrected chi connectivity index (χ3v) is 0.864. The van der Waals surface area contributed by atoms with Gasteiger partial charge >= 0.3 is 0 Å². The maximum atomic E-state index is 8.24. The SMILES string of the molecule is CC/C=C(C)/C=C/O. The molecule has 46 valence electrons. The number of allylic oxidation sites excluding steroid dienone is 3. The molecular formula is C7H12O. The van der Waals surface area contributed by atoms with Crippen molar-refractivity contribution in [3.05, 3.63) is 24.0 Å². The van der Waals surface area contributed by atoms with Gasteiger partial charge in [-0.3, -0.25) is 0 Å². The van der Waals surface area contributed by atoms with E-state index in [0.29, 0.717) is 0 Å². The van der Waals surface area contributed by atoms with Gasteiger partial charge in [0.25, 0.3) is 0 Å². The van der Waals surface area contributed by atoms with Gasteiger partial charge in [0.05, 0.1) is 6.26 Å². The van der Waals surface area contributed by atoms with Crippen LogP contribution < -0.4 is 0 Å². The highest BCUT2D eigenvalue weighted by molar-refractivity contribution is 5.13. The zero-order valence-corrected chi connectivity index (χ0v) is 5.39. The van der Waals surface area contributed by atoms with Gasteiger partial charge in [0.15, 0.2) is 0 Å². The summed E-state index contributed by atoms with van der Waals surface area (Å²) in [5, 5.41) is 8.24. The van der Waals surface area contributed by atoms with Crippen LogP contribution in [0.5, 0.6) is 0 Å². The molecule has 0 saturated carbocycles. The van der Waals surface area contributed by atoms with E-state index in [0.717, 1.165) is 18.3 Å². The highest BCUT2D eigenvalue weighted by Gasteiger charge is 1.75. The fourth-order valence-electron chi connectivity index (χ4n) is 0.508. The summed E-state index contributed by atoms with van der Waals surface area (Å²) < 4.78 is 0. The van der Waals surface area contributed by atoms with Gasteiger partial charge < -0.3 is 5.11 Å². The Morgan fingerprint density at radius 1 is 1.62 bits per heavy atom. The molecule has 0 rings (SSSR count). The Bertz CT molecular complexity index is 101. The first-order valence-electron chi connectivity index (χ1n) is 2.78. The lowest BCUT2D eigenvalue weighted by Crippen LogP contribution is -1.65. The van der Waals surface area contributed by atoms with E-state index in [1.54, 1.807) is 6.08 Å². The summed E-state index contributed by atoms with van der Waals surface area (Å²) in [6.45, 7) is 4.02. The normalized spacial score (nSPS) is 13.0. The summed E-state index contributed by atoms with van der Waals surface area (Å²) in [5.74, 6) is 0. The predicted octanol–water partition coefficient (Wildman–Crippen LogP) is 2.41. The minimum absolute atomic E-state index is 1.02. The summed E-state index contributed by atoms with van der Waals surface area (Å²) in [6, 6.07) is 0. The number of rotatable bonds is 2. The smallest absolute Gasteiger partial charge is 0.0794 e. The van der Waals surface area contributed by atoms with Crippen LogP contribution in [-0.2, 0) is 0 Å². The van der Waals surface area contributed by atoms with Crippen molar-refractivity contribution in [2.75, 3.05) is 0 Å². The molecule has 0 fully saturated rings. The summed E-state index contributed by atoms with van der Waals surface area (Å²) in [4.78, 5) is 0. The van der Waals surface area contributed by atoms with E-state index in [1.165, 1.54) is 0 Å². The predicted molar refractivity (Wildman–Crippen MR) is 35.8 cm³/mol. The lowest BCUT2D eigenvalue weighted by molar-refractivity contribution is 0.473. The van der Waals surface area contributed by atoms with Gasteiger partial charge in [-0.1, -0.05) is 18.6 Å². The maximum absolute atomic E-state index is 8.24. The first-order valence-corrected chi connectivity index (χ1v) is 2.78. The van der Waals surface area contributed by atoms with Gasteiger partial charge in [-0.05, 0) is 19.4 Å².